The van der Waals surface area contributed by atoms with Gasteiger partial charge < -0.3 is 5.73 Å². The fraction of sp³-hybridized carbons (Fsp3) is 1.00. The Morgan fingerprint density at radius 2 is 1.59 bits per heavy atom. The molecule has 102 valence electrons. The lowest BCUT2D eigenvalue weighted by Gasteiger charge is -2.49. The fourth-order valence-electron chi connectivity index (χ4n) is 3.57. The summed E-state index contributed by atoms with van der Waals surface area (Å²) in [7, 11) is 0. The van der Waals surface area contributed by atoms with E-state index in [4.69, 9.17) is 5.73 Å². The lowest BCUT2D eigenvalue weighted by Crippen LogP contribution is -2.56. The van der Waals surface area contributed by atoms with Crippen molar-refractivity contribution in [3.05, 3.63) is 0 Å². The standard InChI is InChI=1S/C15H32N2/c1-6-17(7-2)15(12-16)10-8-13(9-11-15)14(3,4)5/h13H,6-12,16H2,1-5H3. The molecule has 1 aliphatic rings. The first-order valence-corrected chi connectivity index (χ1v) is 7.34. The van der Waals surface area contributed by atoms with Crippen molar-refractivity contribution in [3.63, 3.8) is 0 Å². The van der Waals surface area contributed by atoms with Crippen LogP contribution in [0.25, 0.3) is 0 Å². The monoisotopic (exact) mass is 240 g/mol. The second kappa shape index (κ2) is 5.71. The molecule has 1 aliphatic carbocycles. The average molecular weight is 240 g/mol. The molecule has 1 saturated carbocycles. The molecule has 2 N–H and O–H groups in total. The third kappa shape index (κ3) is 3.23. The van der Waals surface area contributed by atoms with E-state index in [0.29, 0.717) is 11.0 Å². The van der Waals surface area contributed by atoms with E-state index >= 15 is 0 Å². The Morgan fingerprint density at radius 1 is 1.12 bits per heavy atom. The van der Waals surface area contributed by atoms with Gasteiger partial charge in [-0.3, -0.25) is 4.90 Å². The van der Waals surface area contributed by atoms with Gasteiger partial charge in [0.05, 0.1) is 0 Å². The Labute approximate surface area is 108 Å². The van der Waals surface area contributed by atoms with Crippen molar-refractivity contribution in [2.75, 3.05) is 19.6 Å². The van der Waals surface area contributed by atoms with Gasteiger partial charge in [0.1, 0.15) is 0 Å². The van der Waals surface area contributed by atoms with Crippen molar-refractivity contribution in [3.8, 4) is 0 Å². The molecule has 0 atom stereocenters. The van der Waals surface area contributed by atoms with Crippen LogP contribution in [0.4, 0.5) is 0 Å². The van der Waals surface area contributed by atoms with E-state index < -0.39 is 0 Å². The smallest absolute Gasteiger partial charge is 0.0331 e. The highest BCUT2D eigenvalue weighted by Crippen LogP contribution is 2.43. The minimum atomic E-state index is 0.297. The van der Waals surface area contributed by atoms with Crippen molar-refractivity contribution in [2.45, 2.75) is 65.8 Å². The summed E-state index contributed by atoms with van der Waals surface area (Å²) in [6.45, 7) is 14.8. The summed E-state index contributed by atoms with van der Waals surface area (Å²) in [6, 6.07) is 0. The molecule has 0 aliphatic heterocycles. The van der Waals surface area contributed by atoms with Crippen LogP contribution >= 0.6 is 0 Å². The lowest BCUT2D eigenvalue weighted by molar-refractivity contribution is 0.0277. The first-order valence-electron chi connectivity index (χ1n) is 7.34. The SMILES string of the molecule is CCN(CC)C1(CN)CCC(C(C)(C)C)CC1. The van der Waals surface area contributed by atoms with Crippen LogP contribution in [0.15, 0.2) is 0 Å². The highest BCUT2D eigenvalue weighted by Gasteiger charge is 2.40. The number of nitrogens with zero attached hydrogens (tertiary/aromatic N) is 1. The molecule has 17 heavy (non-hydrogen) atoms. The highest BCUT2D eigenvalue weighted by atomic mass is 15.2. The second-order valence-electron chi connectivity index (χ2n) is 6.74. The largest absolute Gasteiger partial charge is 0.329 e. The van der Waals surface area contributed by atoms with Crippen molar-refractivity contribution in [1.82, 2.24) is 4.90 Å². The van der Waals surface area contributed by atoms with Crippen LogP contribution in [0.5, 0.6) is 0 Å². The minimum Gasteiger partial charge on any atom is -0.329 e. The van der Waals surface area contributed by atoms with Crippen LogP contribution < -0.4 is 5.73 Å². The van der Waals surface area contributed by atoms with Gasteiger partial charge in [-0.05, 0) is 50.1 Å². The average Bonchev–Trinajstić information content (AvgIpc) is 2.30. The van der Waals surface area contributed by atoms with Crippen LogP contribution in [0.2, 0.25) is 0 Å². The molecule has 0 unspecified atom stereocenters. The van der Waals surface area contributed by atoms with Crippen molar-refractivity contribution in [2.24, 2.45) is 17.1 Å². The maximum absolute atomic E-state index is 6.10. The summed E-state index contributed by atoms with van der Waals surface area (Å²) in [5.74, 6) is 0.873. The van der Waals surface area contributed by atoms with E-state index in [1.54, 1.807) is 0 Å². The number of nitrogens with two attached hydrogens (primary N) is 1. The Hall–Kier alpha value is -0.0800. The first kappa shape index (κ1) is 15.0. The molecule has 2 nitrogen and oxygen atoms in total. The zero-order valence-corrected chi connectivity index (χ0v) is 12.6. The number of rotatable bonds is 4. The van der Waals surface area contributed by atoms with Crippen LogP contribution in [-0.2, 0) is 0 Å². The van der Waals surface area contributed by atoms with Gasteiger partial charge in [-0.15, -0.1) is 0 Å². The molecule has 0 radical (unpaired) electrons. The van der Waals surface area contributed by atoms with Crippen LogP contribution in [-0.4, -0.2) is 30.1 Å². The van der Waals surface area contributed by atoms with E-state index in [1.807, 2.05) is 0 Å². The fourth-order valence-corrected chi connectivity index (χ4v) is 3.57. The van der Waals surface area contributed by atoms with Crippen LogP contribution in [0.3, 0.4) is 0 Å². The van der Waals surface area contributed by atoms with E-state index in [9.17, 15) is 0 Å². The van der Waals surface area contributed by atoms with Crippen molar-refractivity contribution < 1.29 is 0 Å². The molecule has 0 aromatic rings. The molecule has 0 amide bonds. The molecule has 0 aromatic heterocycles. The third-order valence-corrected chi connectivity index (χ3v) is 4.96. The summed E-state index contributed by atoms with van der Waals surface area (Å²) in [6.07, 6.45) is 5.26. The van der Waals surface area contributed by atoms with Gasteiger partial charge in [0.15, 0.2) is 0 Å². The molecule has 0 spiro atoms. The maximum Gasteiger partial charge on any atom is 0.0331 e. The Morgan fingerprint density at radius 3 is 1.88 bits per heavy atom. The van der Waals surface area contributed by atoms with Crippen molar-refractivity contribution in [1.29, 1.82) is 0 Å². The lowest BCUT2D eigenvalue weighted by atomic mass is 9.67. The molecule has 0 aromatic carbocycles. The van der Waals surface area contributed by atoms with E-state index in [1.165, 1.54) is 25.7 Å². The number of hydrogen-bond acceptors (Lipinski definition) is 2. The Balaban J connectivity index is 2.69. The molecule has 1 fully saturated rings. The van der Waals surface area contributed by atoms with E-state index in [0.717, 1.165) is 25.6 Å². The maximum atomic E-state index is 6.10. The van der Waals surface area contributed by atoms with Crippen LogP contribution in [0, 0.1) is 11.3 Å². The summed E-state index contributed by atoms with van der Waals surface area (Å²) in [4.78, 5) is 2.59. The van der Waals surface area contributed by atoms with Crippen LogP contribution in [0.1, 0.15) is 60.3 Å². The molecule has 0 saturated heterocycles. The van der Waals surface area contributed by atoms with Gasteiger partial charge in [0.2, 0.25) is 0 Å². The Bertz CT molecular complexity index is 218. The predicted octanol–water partition coefficient (Wildman–Crippen LogP) is 3.26. The summed E-state index contributed by atoms with van der Waals surface area (Å²) < 4.78 is 0. The van der Waals surface area contributed by atoms with Gasteiger partial charge in [0.25, 0.3) is 0 Å². The molecule has 1 rings (SSSR count). The van der Waals surface area contributed by atoms with Crippen molar-refractivity contribution >= 4 is 0 Å². The van der Waals surface area contributed by atoms with Gasteiger partial charge in [0, 0.05) is 12.1 Å². The first-order chi connectivity index (χ1) is 7.89. The van der Waals surface area contributed by atoms with E-state index in [-0.39, 0.29) is 0 Å². The normalized spacial score (nSPS) is 30.9. The molecule has 2 heteroatoms. The second-order valence-corrected chi connectivity index (χ2v) is 6.74. The minimum absolute atomic E-state index is 0.297. The summed E-state index contributed by atoms with van der Waals surface area (Å²) in [5.41, 5.74) is 6.86. The molecule has 0 heterocycles. The van der Waals surface area contributed by atoms with Gasteiger partial charge in [-0.2, -0.15) is 0 Å². The number of likely N-dealkylation sites (N-methyl/N-ethyl adjacent to an activating group) is 1. The predicted molar refractivity (Wildman–Crippen MR) is 76.1 cm³/mol. The summed E-state index contributed by atoms with van der Waals surface area (Å²) in [5, 5.41) is 0. The Kier molecular flexibility index (Phi) is 5.03. The third-order valence-electron chi connectivity index (χ3n) is 4.96. The topological polar surface area (TPSA) is 29.3 Å². The van der Waals surface area contributed by atoms with Gasteiger partial charge in [-0.1, -0.05) is 34.6 Å². The molecular formula is C15H32N2. The van der Waals surface area contributed by atoms with Gasteiger partial charge >= 0.3 is 0 Å². The molecule has 0 bridgehead atoms. The zero-order chi connectivity index (χ0) is 13.1. The highest BCUT2D eigenvalue weighted by molar-refractivity contribution is 4.97. The van der Waals surface area contributed by atoms with E-state index in [2.05, 4.69) is 39.5 Å². The zero-order valence-electron chi connectivity index (χ0n) is 12.6. The molecular weight excluding hydrogens is 208 g/mol. The van der Waals surface area contributed by atoms with Gasteiger partial charge in [-0.25, -0.2) is 0 Å². The summed E-state index contributed by atoms with van der Waals surface area (Å²) >= 11 is 0. The number of hydrogen-bond donors (Lipinski definition) is 1. The quantitative estimate of drug-likeness (QED) is 0.817.